The summed E-state index contributed by atoms with van der Waals surface area (Å²) in [6.45, 7) is 0.902. The minimum Gasteiger partial charge on any atom is -0.380 e. The minimum atomic E-state index is -2.28. The van der Waals surface area contributed by atoms with Crippen molar-refractivity contribution in [1.82, 2.24) is 71.2 Å². The third-order valence-electron chi connectivity index (χ3n) is 16.8. The maximum atomic E-state index is 8.03. The van der Waals surface area contributed by atoms with E-state index < -0.39 is 6.98 Å². The Morgan fingerprint density at radius 1 is 0.452 bits per heavy atom. The van der Waals surface area contributed by atoms with Gasteiger partial charge in [0, 0.05) is 115 Å². The van der Waals surface area contributed by atoms with E-state index >= 15 is 0 Å². The number of para-hydroxylation sites is 1. The van der Waals surface area contributed by atoms with Crippen LogP contribution in [0.2, 0.25) is 0 Å². The van der Waals surface area contributed by atoms with Gasteiger partial charge >= 0.3 is 5.89 Å². The summed E-state index contributed by atoms with van der Waals surface area (Å²) in [5, 5.41) is 0. The van der Waals surface area contributed by atoms with Crippen molar-refractivity contribution in [3.63, 3.8) is 0 Å². The summed E-state index contributed by atoms with van der Waals surface area (Å²) in [7, 11) is 2.12. The molecule has 21 rings (SSSR count). The molecule has 4 aliphatic heterocycles. The maximum Gasteiger partial charge on any atom is 0.383 e. The average molecular weight is 1100 g/mol. The zero-order valence-corrected chi connectivity index (χ0v) is 44.8. The SMILES string of the molecule is C[n+]1c2n(c3cc4cnccn4c31)Cc1cnccc1-2.[2H]C([2H])([2H])[n+]1c2n(c3cc4cnccn4c31)Cc1cnccc1-2.c1cc2c(cn1)C[n+]1c-2oc2c1cc1cnccn12.c1ccc(-n2c3[n+](c4cc5cnccn5c42)Cc2cnccc2-3)cc1. The first-order valence-electron chi connectivity index (χ1n) is 28.9. The Labute approximate surface area is 479 Å². The zero-order valence-electron chi connectivity index (χ0n) is 47.8. The molecule has 1 aromatic carbocycles. The molecular weight excluding hydrogens is 1050 g/mol. The molecule has 0 fully saturated rings. The Morgan fingerprint density at radius 3 is 1.55 bits per heavy atom. The van der Waals surface area contributed by atoms with Crippen LogP contribution in [0.4, 0.5) is 0 Å². The lowest BCUT2D eigenvalue weighted by molar-refractivity contribution is -0.649. The number of aryl methyl sites for hydroxylation is 2. The first kappa shape index (κ1) is 43.3. The molecule has 0 saturated heterocycles. The van der Waals surface area contributed by atoms with Crippen LogP contribution in [0, 0.1) is 0 Å². The largest absolute Gasteiger partial charge is 0.383 e. The Kier molecular flexibility index (Phi) is 9.01. The Balaban J connectivity index is 0.0000000877. The molecule has 0 bridgehead atoms. The summed E-state index contributed by atoms with van der Waals surface area (Å²) in [6.07, 6.45) is 37.1. The number of benzene rings is 1. The van der Waals surface area contributed by atoms with Gasteiger partial charge in [-0.3, -0.25) is 48.7 Å². The first-order valence-corrected chi connectivity index (χ1v) is 27.4. The van der Waals surface area contributed by atoms with Crippen molar-refractivity contribution in [3.05, 3.63) is 225 Å². The molecular formula is C64H47N19O+4. The lowest BCUT2D eigenvalue weighted by Crippen LogP contribution is -2.31. The third-order valence-corrected chi connectivity index (χ3v) is 16.8. The van der Waals surface area contributed by atoms with Crippen molar-refractivity contribution in [3.8, 4) is 51.3 Å². The summed E-state index contributed by atoms with van der Waals surface area (Å²) in [5.41, 5.74) is 23.0. The normalized spacial score (nSPS) is 13.6. The molecule has 20 heterocycles. The number of hydrogen-bond acceptors (Lipinski definition) is 9. The fourth-order valence-electron chi connectivity index (χ4n) is 13.3. The predicted molar refractivity (Wildman–Crippen MR) is 310 cm³/mol. The Morgan fingerprint density at radius 2 is 0.929 bits per heavy atom. The van der Waals surface area contributed by atoms with E-state index in [9.17, 15) is 0 Å². The molecule has 0 amide bonds. The van der Waals surface area contributed by atoms with Gasteiger partial charge in [0.2, 0.25) is 11.6 Å². The molecule has 0 spiro atoms. The van der Waals surface area contributed by atoms with Crippen LogP contribution in [0.3, 0.4) is 0 Å². The van der Waals surface area contributed by atoms with Gasteiger partial charge in [0.15, 0.2) is 23.1 Å². The van der Waals surface area contributed by atoms with Gasteiger partial charge in [0.05, 0.1) is 120 Å². The molecule has 17 aromatic rings. The van der Waals surface area contributed by atoms with Crippen LogP contribution in [-0.4, -0.2) is 71.2 Å². The van der Waals surface area contributed by atoms with Gasteiger partial charge in [-0.15, -0.1) is 0 Å². The number of hydrogen-bond donors (Lipinski definition) is 0. The van der Waals surface area contributed by atoms with E-state index in [0.717, 1.165) is 86.7 Å². The minimum absolute atomic E-state index is 0.627. The molecule has 0 unspecified atom stereocenters. The summed E-state index contributed by atoms with van der Waals surface area (Å²) in [4.78, 5) is 33.6. The van der Waals surface area contributed by atoms with Gasteiger partial charge < -0.3 is 4.42 Å². The van der Waals surface area contributed by atoms with E-state index in [0.29, 0.717) is 18.0 Å². The second-order valence-electron chi connectivity index (χ2n) is 21.3. The molecule has 20 nitrogen and oxygen atoms in total. The second-order valence-corrected chi connectivity index (χ2v) is 21.3. The van der Waals surface area contributed by atoms with Crippen molar-refractivity contribution >= 4 is 66.8 Å². The number of oxazole rings is 1. The third kappa shape index (κ3) is 6.51. The highest BCUT2D eigenvalue weighted by molar-refractivity contribution is 5.86. The fourth-order valence-corrected chi connectivity index (χ4v) is 13.3. The highest BCUT2D eigenvalue weighted by Gasteiger charge is 2.39. The van der Waals surface area contributed by atoms with Crippen LogP contribution in [-0.2, 0) is 40.2 Å². The summed E-state index contributed by atoms with van der Waals surface area (Å²) in [5.74, 6) is 4.07. The molecule has 0 aliphatic carbocycles. The van der Waals surface area contributed by atoms with Gasteiger partial charge in [0.25, 0.3) is 34.0 Å². The zero-order chi connectivity index (χ0) is 57.8. The Bertz CT molecular complexity index is 5700. The van der Waals surface area contributed by atoms with Crippen LogP contribution in [0.1, 0.15) is 26.4 Å². The standard InChI is InChI=1S/C20H14N5.2C15H12N5.C14H9N4O/c1-2-4-15(5-3-1)25-19-17-6-7-21-11-14(17)13-24(19)18-10-16-12-22-8-9-23(16)20(18)25;2*1-18-14-12-2-3-16-7-10(12)9-20(14)13-6-11-8-17-4-5-19(11)15(13)18;1-2-15-6-9-8-18-12-5-10-7-16-3-4-17(10)14(12)19-13(18)11(1)9/h1-12H,13H2;2*2-8H,9H2,1H3;1-7H,8H2/q4*+1/i;1D3;;. The van der Waals surface area contributed by atoms with Crippen molar-refractivity contribution in [2.24, 2.45) is 14.0 Å². The summed E-state index contributed by atoms with van der Waals surface area (Å²) < 4.78 is 53.5. The van der Waals surface area contributed by atoms with E-state index in [4.69, 9.17) is 8.53 Å². The molecule has 20 heteroatoms. The van der Waals surface area contributed by atoms with Gasteiger partial charge in [-0.25, -0.2) is 31.6 Å². The number of imidazole rings is 3. The quantitative estimate of drug-likeness (QED) is 0.149. The van der Waals surface area contributed by atoms with E-state index in [2.05, 4.69) is 139 Å². The number of aromatic nitrogens is 19. The molecule has 16 aromatic heterocycles. The van der Waals surface area contributed by atoms with E-state index in [1.54, 1.807) is 43.4 Å². The van der Waals surface area contributed by atoms with Gasteiger partial charge in [-0.1, -0.05) is 18.2 Å². The second kappa shape index (κ2) is 17.5. The van der Waals surface area contributed by atoms with Crippen molar-refractivity contribution in [2.75, 3.05) is 0 Å². The Hall–Kier alpha value is -11.5. The molecule has 0 saturated carbocycles. The maximum absolute atomic E-state index is 8.03. The molecule has 4 aliphatic rings. The van der Waals surface area contributed by atoms with Crippen molar-refractivity contribution in [2.45, 2.75) is 26.2 Å². The van der Waals surface area contributed by atoms with Gasteiger partial charge in [0.1, 0.15) is 23.3 Å². The summed E-state index contributed by atoms with van der Waals surface area (Å²) >= 11 is 0. The van der Waals surface area contributed by atoms with Crippen LogP contribution in [0.5, 0.6) is 0 Å². The predicted octanol–water partition coefficient (Wildman–Crippen LogP) is 7.86. The van der Waals surface area contributed by atoms with Gasteiger partial charge in [-0.2, -0.15) is 9.13 Å². The lowest BCUT2D eigenvalue weighted by atomic mass is 10.1. The number of nitrogens with zero attached hydrogens (tertiary/aromatic N) is 19. The molecule has 0 N–H and O–H groups in total. The molecule has 84 heavy (non-hydrogen) atoms. The molecule has 0 atom stereocenters. The lowest BCUT2D eigenvalue weighted by Gasteiger charge is -2.02. The fraction of sp³-hybridized carbons (Fsp3) is 0.0938. The van der Waals surface area contributed by atoms with Crippen LogP contribution in [0.25, 0.3) is 118 Å². The van der Waals surface area contributed by atoms with E-state index in [1.165, 1.54) is 66.4 Å². The van der Waals surface area contributed by atoms with Crippen molar-refractivity contribution < 1.29 is 26.8 Å². The average Bonchev–Trinajstić information content (AvgIpc) is 1.78. The van der Waals surface area contributed by atoms with Crippen LogP contribution in [0.15, 0.2) is 207 Å². The van der Waals surface area contributed by atoms with Crippen LogP contribution >= 0.6 is 0 Å². The highest BCUT2D eigenvalue weighted by atomic mass is 16.4. The number of pyridine rings is 4. The first-order chi connectivity index (χ1) is 42.7. The highest BCUT2D eigenvalue weighted by Crippen LogP contribution is 2.38. The summed E-state index contributed by atoms with van der Waals surface area (Å²) in [6, 6.07) is 27.1. The smallest absolute Gasteiger partial charge is 0.380 e. The topological polar surface area (TPSA) is 164 Å². The molecule has 400 valence electrons. The van der Waals surface area contributed by atoms with Gasteiger partial charge in [-0.05, 0) is 36.4 Å². The van der Waals surface area contributed by atoms with Crippen molar-refractivity contribution in [1.29, 1.82) is 0 Å². The number of fused-ring (bicyclic) bond motifs is 28. The van der Waals surface area contributed by atoms with E-state index in [-0.39, 0.29) is 0 Å². The van der Waals surface area contributed by atoms with Crippen LogP contribution < -0.4 is 18.3 Å². The monoisotopic (exact) mass is 1100 g/mol. The number of rotatable bonds is 1. The van der Waals surface area contributed by atoms with E-state index in [1.807, 2.05) is 112 Å². The molecule has 0 radical (unpaired) electrons.